The first-order valence-corrected chi connectivity index (χ1v) is 6.39. The Morgan fingerprint density at radius 3 is 2.79 bits per heavy atom. The zero-order valence-corrected chi connectivity index (χ0v) is 11.5. The Morgan fingerprint density at radius 1 is 1.26 bits per heavy atom. The lowest BCUT2D eigenvalue weighted by Gasteiger charge is -2.01. The molecule has 0 bridgehead atoms. The lowest BCUT2D eigenvalue weighted by atomic mass is 10.2. The molecule has 100 valence electrons. The zero-order valence-electron chi connectivity index (χ0n) is 9.95. The van der Waals surface area contributed by atoms with Crippen LogP contribution in [0, 0.1) is 0 Å². The second kappa shape index (κ2) is 6.10. The minimum Gasteiger partial charge on any atom is -0.461 e. The van der Waals surface area contributed by atoms with Crippen molar-refractivity contribution < 1.29 is 9.21 Å². The molecular formula is C13H12Cl2N2O2. The summed E-state index contributed by atoms with van der Waals surface area (Å²) in [6.07, 6.45) is 0.744. The van der Waals surface area contributed by atoms with E-state index >= 15 is 0 Å². The van der Waals surface area contributed by atoms with Crippen molar-refractivity contribution in [1.82, 2.24) is 5.43 Å². The maximum Gasteiger partial charge on any atom is 0.234 e. The van der Waals surface area contributed by atoms with Gasteiger partial charge in [0.1, 0.15) is 11.5 Å². The summed E-state index contributed by atoms with van der Waals surface area (Å²) in [7, 11) is 0. The molecule has 6 heteroatoms. The molecule has 0 unspecified atom stereocenters. The van der Waals surface area contributed by atoms with Crippen LogP contribution in [0.4, 0.5) is 0 Å². The van der Waals surface area contributed by atoms with Gasteiger partial charge in [0.25, 0.3) is 0 Å². The van der Waals surface area contributed by atoms with Gasteiger partial charge in [0, 0.05) is 23.4 Å². The molecule has 0 aliphatic rings. The van der Waals surface area contributed by atoms with E-state index in [9.17, 15) is 4.79 Å². The summed E-state index contributed by atoms with van der Waals surface area (Å²) in [5.41, 5.74) is 2.80. The smallest absolute Gasteiger partial charge is 0.234 e. The van der Waals surface area contributed by atoms with Crippen LogP contribution < -0.4 is 11.3 Å². The number of nitrogens with one attached hydrogen (secondary N) is 1. The number of aryl methyl sites for hydroxylation is 1. The molecule has 0 saturated heterocycles. The fourth-order valence-corrected chi connectivity index (χ4v) is 2.04. The van der Waals surface area contributed by atoms with Gasteiger partial charge in [0.2, 0.25) is 5.91 Å². The van der Waals surface area contributed by atoms with Crippen LogP contribution >= 0.6 is 23.2 Å². The second-order valence-corrected chi connectivity index (χ2v) is 4.80. The van der Waals surface area contributed by atoms with Gasteiger partial charge in [-0.25, -0.2) is 5.84 Å². The molecule has 19 heavy (non-hydrogen) atoms. The Morgan fingerprint density at radius 2 is 2.05 bits per heavy atom. The number of nitrogens with two attached hydrogens (primary N) is 1. The van der Waals surface area contributed by atoms with Crippen LogP contribution in [0.5, 0.6) is 0 Å². The Bertz CT molecular complexity index is 596. The summed E-state index contributed by atoms with van der Waals surface area (Å²) in [6, 6.07) is 8.76. The minimum absolute atomic E-state index is 0.237. The molecule has 2 aromatic rings. The minimum atomic E-state index is -0.237. The van der Waals surface area contributed by atoms with Gasteiger partial charge in [0.05, 0.1) is 5.02 Å². The van der Waals surface area contributed by atoms with Gasteiger partial charge in [-0.3, -0.25) is 10.2 Å². The van der Waals surface area contributed by atoms with Crippen LogP contribution in [-0.2, 0) is 11.2 Å². The van der Waals surface area contributed by atoms with E-state index in [1.165, 1.54) is 0 Å². The van der Waals surface area contributed by atoms with E-state index in [1.807, 2.05) is 0 Å². The Labute approximate surface area is 120 Å². The molecule has 1 aromatic carbocycles. The topological polar surface area (TPSA) is 68.3 Å². The van der Waals surface area contributed by atoms with Crippen LogP contribution in [0.3, 0.4) is 0 Å². The van der Waals surface area contributed by atoms with E-state index in [-0.39, 0.29) is 12.3 Å². The van der Waals surface area contributed by atoms with Crippen molar-refractivity contribution in [2.45, 2.75) is 12.8 Å². The van der Waals surface area contributed by atoms with E-state index in [0.29, 0.717) is 28.0 Å². The van der Waals surface area contributed by atoms with E-state index < -0.39 is 0 Å². The number of hydrogen-bond donors (Lipinski definition) is 2. The number of amides is 1. The first-order chi connectivity index (χ1) is 9.10. The van der Waals surface area contributed by atoms with Crippen molar-refractivity contribution in [1.29, 1.82) is 0 Å². The van der Waals surface area contributed by atoms with Crippen molar-refractivity contribution >= 4 is 29.1 Å². The third-order valence-electron chi connectivity index (χ3n) is 2.61. The molecule has 0 aliphatic heterocycles. The molecule has 0 saturated carbocycles. The van der Waals surface area contributed by atoms with Crippen molar-refractivity contribution in [2.24, 2.45) is 5.84 Å². The van der Waals surface area contributed by atoms with Crippen molar-refractivity contribution in [3.8, 4) is 11.3 Å². The highest BCUT2D eigenvalue weighted by Gasteiger charge is 2.10. The number of carbonyl (C=O) groups excluding carboxylic acids is 1. The number of benzene rings is 1. The van der Waals surface area contributed by atoms with Crippen LogP contribution in [-0.4, -0.2) is 5.91 Å². The molecule has 0 spiro atoms. The molecule has 1 amide bonds. The Balaban J connectivity index is 2.16. The average molecular weight is 299 g/mol. The SMILES string of the molecule is NNC(=O)CCc1ccc(-c2cc(Cl)ccc2Cl)o1. The van der Waals surface area contributed by atoms with Gasteiger partial charge in [0.15, 0.2) is 0 Å². The van der Waals surface area contributed by atoms with Gasteiger partial charge in [-0.1, -0.05) is 23.2 Å². The van der Waals surface area contributed by atoms with E-state index in [0.717, 1.165) is 5.56 Å². The zero-order chi connectivity index (χ0) is 13.8. The number of rotatable bonds is 4. The first kappa shape index (κ1) is 13.9. The summed E-state index contributed by atoms with van der Waals surface area (Å²) < 4.78 is 5.64. The molecule has 4 nitrogen and oxygen atoms in total. The van der Waals surface area contributed by atoms with Gasteiger partial charge >= 0.3 is 0 Å². The third-order valence-corrected chi connectivity index (χ3v) is 3.18. The quantitative estimate of drug-likeness (QED) is 0.517. The standard InChI is InChI=1S/C13H12Cl2N2O2/c14-8-1-4-11(15)10(7-8)12-5-2-9(19-12)3-6-13(18)17-16/h1-2,4-5,7H,3,6,16H2,(H,17,18). The summed E-state index contributed by atoms with van der Waals surface area (Å²) in [6.45, 7) is 0. The van der Waals surface area contributed by atoms with Crippen LogP contribution in [0.25, 0.3) is 11.3 Å². The molecule has 2 rings (SSSR count). The summed E-state index contributed by atoms with van der Waals surface area (Å²) in [4.78, 5) is 11.0. The van der Waals surface area contributed by atoms with Gasteiger partial charge in [-0.15, -0.1) is 0 Å². The van der Waals surface area contributed by atoms with Gasteiger partial charge in [-0.2, -0.15) is 0 Å². The van der Waals surface area contributed by atoms with Crippen molar-refractivity contribution in [3.05, 3.63) is 46.1 Å². The fourth-order valence-electron chi connectivity index (χ4n) is 1.65. The molecule has 1 heterocycles. The molecule has 3 N–H and O–H groups in total. The Kier molecular flexibility index (Phi) is 4.47. The second-order valence-electron chi connectivity index (χ2n) is 3.96. The molecular weight excluding hydrogens is 287 g/mol. The molecule has 0 radical (unpaired) electrons. The van der Waals surface area contributed by atoms with Crippen LogP contribution in [0.2, 0.25) is 10.0 Å². The fraction of sp³-hybridized carbons (Fsp3) is 0.154. The largest absolute Gasteiger partial charge is 0.461 e. The van der Waals surface area contributed by atoms with E-state index in [4.69, 9.17) is 33.5 Å². The summed E-state index contributed by atoms with van der Waals surface area (Å²) in [5.74, 6) is 6.08. The normalized spacial score (nSPS) is 10.5. The first-order valence-electron chi connectivity index (χ1n) is 5.63. The summed E-state index contributed by atoms with van der Waals surface area (Å²) >= 11 is 12.0. The summed E-state index contributed by atoms with van der Waals surface area (Å²) in [5, 5.41) is 1.14. The highest BCUT2D eigenvalue weighted by Crippen LogP contribution is 2.31. The van der Waals surface area contributed by atoms with Gasteiger partial charge < -0.3 is 4.42 Å². The highest BCUT2D eigenvalue weighted by atomic mass is 35.5. The lowest BCUT2D eigenvalue weighted by molar-refractivity contribution is -0.121. The van der Waals surface area contributed by atoms with Crippen LogP contribution in [0.1, 0.15) is 12.2 Å². The van der Waals surface area contributed by atoms with E-state index in [1.54, 1.807) is 30.3 Å². The molecule has 1 aromatic heterocycles. The van der Waals surface area contributed by atoms with Crippen LogP contribution in [0.15, 0.2) is 34.7 Å². The number of hydrogen-bond acceptors (Lipinski definition) is 3. The monoisotopic (exact) mass is 298 g/mol. The maximum absolute atomic E-state index is 11.0. The number of halogens is 2. The van der Waals surface area contributed by atoms with E-state index in [2.05, 4.69) is 5.43 Å². The third kappa shape index (κ3) is 3.50. The predicted octanol–water partition coefficient (Wildman–Crippen LogP) is 3.18. The maximum atomic E-state index is 11.0. The number of hydrazine groups is 1. The van der Waals surface area contributed by atoms with Crippen molar-refractivity contribution in [2.75, 3.05) is 0 Å². The molecule has 0 fully saturated rings. The Hall–Kier alpha value is -1.49. The van der Waals surface area contributed by atoms with Gasteiger partial charge in [-0.05, 0) is 30.3 Å². The lowest BCUT2D eigenvalue weighted by Crippen LogP contribution is -2.30. The molecule has 0 aliphatic carbocycles. The predicted molar refractivity (Wildman–Crippen MR) is 74.8 cm³/mol. The highest BCUT2D eigenvalue weighted by molar-refractivity contribution is 6.35. The van der Waals surface area contributed by atoms with Crippen molar-refractivity contribution in [3.63, 3.8) is 0 Å². The molecule has 0 atom stereocenters. The number of furan rings is 1. The number of carbonyl (C=O) groups is 1. The average Bonchev–Trinajstić information content (AvgIpc) is 2.87.